The molecule has 9 nitrogen and oxygen atoms in total. The van der Waals surface area contributed by atoms with Crippen LogP contribution in [0.1, 0.15) is 18.8 Å². The first-order valence-corrected chi connectivity index (χ1v) is 12.0. The summed E-state index contributed by atoms with van der Waals surface area (Å²) in [6, 6.07) is 18.1. The van der Waals surface area contributed by atoms with Gasteiger partial charge in [0.15, 0.2) is 17.2 Å². The van der Waals surface area contributed by atoms with E-state index < -0.39 is 17.7 Å². The van der Waals surface area contributed by atoms with Crippen LogP contribution in [-0.2, 0) is 0 Å². The number of nitrogens with two attached hydrogens (primary N) is 1. The third-order valence-electron chi connectivity index (χ3n) is 6.60. The van der Waals surface area contributed by atoms with Gasteiger partial charge in [0.25, 0.3) is 5.56 Å². The summed E-state index contributed by atoms with van der Waals surface area (Å²) < 4.78 is 37.8. The number of halogens is 3. The fourth-order valence-electron chi connectivity index (χ4n) is 4.69. The molecule has 0 amide bonds. The Balaban J connectivity index is 0.00000323. The van der Waals surface area contributed by atoms with Gasteiger partial charge in [0.1, 0.15) is 29.7 Å². The second-order valence-corrected chi connectivity index (χ2v) is 8.83. The summed E-state index contributed by atoms with van der Waals surface area (Å²) in [6.45, 7) is 1.79. The van der Waals surface area contributed by atoms with Crippen LogP contribution in [0, 0.1) is 11.6 Å². The number of methoxy groups -OCH3 is 1. The van der Waals surface area contributed by atoms with Crippen LogP contribution < -0.4 is 16.0 Å². The van der Waals surface area contributed by atoms with E-state index in [0.717, 1.165) is 0 Å². The average molecular weight is 562 g/mol. The summed E-state index contributed by atoms with van der Waals surface area (Å²) in [5.41, 5.74) is 7.22. The van der Waals surface area contributed by atoms with E-state index >= 15 is 4.39 Å². The topological polar surface area (TPSA) is 114 Å². The maximum atomic E-state index is 15.2. The van der Waals surface area contributed by atoms with Gasteiger partial charge in [-0.15, -0.1) is 12.4 Å². The molecule has 0 radical (unpaired) electrons. The molecule has 202 valence electrons. The van der Waals surface area contributed by atoms with E-state index in [0.29, 0.717) is 22.4 Å². The van der Waals surface area contributed by atoms with Gasteiger partial charge in [-0.25, -0.2) is 24.0 Å². The number of nitrogen functional groups attached to an aromatic ring is 1. The molecule has 0 fully saturated rings. The van der Waals surface area contributed by atoms with Gasteiger partial charge >= 0.3 is 0 Å². The van der Waals surface area contributed by atoms with E-state index in [2.05, 4.69) is 15.1 Å². The highest BCUT2D eigenvalue weighted by molar-refractivity contribution is 5.98. The molecule has 0 unspecified atom stereocenters. The lowest BCUT2D eigenvalue weighted by Crippen LogP contribution is -2.27. The number of para-hydroxylation sites is 2. The molecule has 0 aliphatic carbocycles. The molecule has 3 aromatic carbocycles. The maximum absolute atomic E-state index is 15.2. The summed E-state index contributed by atoms with van der Waals surface area (Å²) in [6.07, 6.45) is 1.26. The Kier molecular flexibility index (Phi) is 6.90. The second-order valence-electron chi connectivity index (χ2n) is 8.83. The van der Waals surface area contributed by atoms with E-state index in [4.69, 9.17) is 15.5 Å². The average Bonchev–Trinajstić information content (AvgIpc) is 3.35. The molecular formula is C28H22ClF2N7O2. The van der Waals surface area contributed by atoms with Crippen molar-refractivity contribution < 1.29 is 13.5 Å². The molecule has 6 rings (SSSR count). The van der Waals surface area contributed by atoms with Crippen LogP contribution in [0.4, 0.5) is 14.6 Å². The zero-order valence-electron chi connectivity index (χ0n) is 21.2. The molecule has 0 saturated heterocycles. The number of nitrogens with zero attached hydrogens (tertiary/aromatic N) is 6. The quantitative estimate of drug-likeness (QED) is 0.312. The Morgan fingerprint density at radius 2 is 1.68 bits per heavy atom. The van der Waals surface area contributed by atoms with Crippen LogP contribution in [0.2, 0.25) is 0 Å². The van der Waals surface area contributed by atoms with Crippen LogP contribution in [0.15, 0.2) is 77.9 Å². The minimum Gasteiger partial charge on any atom is -0.494 e. The molecule has 0 aliphatic heterocycles. The van der Waals surface area contributed by atoms with Crippen LogP contribution in [-0.4, -0.2) is 36.4 Å². The lowest BCUT2D eigenvalue weighted by atomic mass is 10.1. The fourth-order valence-corrected chi connectivity index (χ4v) is 4.69. The SMILES string of the molecule is COc1ccc(-c2nn([C@@H](C)c3nc4ccccc4c(=O)n3-c3ccccc3)c3ncnc(N)c23)c(F)c1F.Cl. The Morgan fingerprint density at radius 1 is 0.950 bits per heavy atom. The molecule has 0 aliphatic rings. The normalized spacial score (nSPS) is 11.9. The molecule has 6 aromatic rings. The van der Waals surface area contributed by atoms with Gasteiger partial charge in [-0.1, -0.05) is 30.3 Å². The molecule has 3 heterocycles. The van der Waals surface area contributed by atoms with E-state index in [9.17, 15) is 9.18 Å². The van der Waals surface area contributed by atoms with E-state index in [1.165, 1.54) is 34.8 Å². The highest BCUT2D eigenvalue weighted by Gasteiger charge is 2.27. The van der Waals surface area contributed by atoms with Crippen molar-refractivity contribution in [3.8, 4) is 22.7 Å². The third-order valence-corrected chi connectivity index (χ3v) is 6.60. The Morgan fingerprint density at radius 3 is 2.42 bits per heavy atom. The molecule has 3 aromatic heterocycles. The zero-order chi connectivity index (χ0) is 27.3. The first-order chi connectivity index (χ1) is 18.9. The maximum Gasteiger partial charge on any atom is 0.266 e. The molecular weight excluding hydrogens is 540 g/mol. The molecule has 0 bridgehead atoms. The lowest BCUT2D eigenvalue weighted by molar-refractivity contribution is 0.372. The monoisotopic (exact) mass is 561 g/mol. The molecule has 40 heavy (non-hydrogen) atoms. The molecule has 0 spiro atoms. The minimum atomic E-state index is -1.16. The Labute approximate surface area is 232 Å². The van der Waals surface area contributed by atoms with Crippen LogP contribution in [0.3, 0.4) is 0 Å². The summed E-state index contributed by atoms with van der Waals surface area (Å²) in [7, 11) is 1.25. The zero-order valence-corrected chi connectivity index (χ0v) is 22.1. The van der Waals surface area contributed by atoms with E-state index in [-0.39, 0.29) is 51.8 Å². The number of fused-ring (bicyclic) bond motifs is 2. The number of anilines is 1. The predicted molar refractivity (Wildman–Crippen MR) is 150 cm³/mol. The standard InChI is InChI=1S/C28H21F2N7O2.ClH/c1-15(26-34-19-11-7-6-10-17(19)28(38)36(26)16-8-4-3-5-9-16)37-27-21(25(31)32-14-33-27)24(35-37)18-12-13-20(39-2)23(30)22(18)29;/h3-15H,1-2H3,(H2,31,32,33);1H/t15-;/m0./s1. The van der Waals surface area contributed by atoms with Crippen LogP contribution >= 0.6 is 12.4 Å². The van der Waals surface area contributed by atoms with Crippen molar-refractivity contribution in [2.45, 2.75) is 13.0 Å². The Hall–Kier alpha value is -4.90. The number of benzene rings is 3. The summed E-state index contributed by atoms with van der Waals surface area (Å²) in [5.74, 6) is -2.16. The van der Waals surface area contributed by atoms with Crippen molar-refractivity contribution in [1.82, 2.24) is 29.3 Å². The summed E-state index contributed by atoms with van der Waals surface area (Å²) in [5, 5.41) is 5.32. The van der Waals surface area contributed by atoms with Gasteiger partial charge in [-0.2, -0.15) is 9.49 Å². The van der Waals surface area contributed by atoms with E-state index in [1.807, 2.05) is 18.2 Å². The van der Waals surface area contributed by atoms with Crippen LogP contribution in [0.5, 0.6) is 5.75 Å². The fraction of sp³-hybridized carbons (Fsp3) is 0.107. The van der Waals surface area contributed by atoms with Gasteiger partial charge in [0, 0.05) is 5.56 Å². The van der Waals surface area contributed by atoms with Gasteiger partial charge in [-0.3, -0.25) is 9.36 Å². The van der Waals surface area contributed by atoms with Crippen molar-refractivity contribution in [1.29, 1.82) is 0 Å². The number of ether oxygens (including phenoxy) is 1. The minimum absolute atomic E-state index is 0. The van der Waals surface area contributed by atoms with Crippen molar-refractivity contribution in [3.63, 3.8) is 0 Å². The predicted octanol–water partition coefficient (Wildman–Crippen LogP) is 5.09. The highest BCUT2D eigenvalue weighted by Crippen LogP contribution is 2.36. The first-order valence-electron chi connectivity index (χ1n) is 12.0. The molecule has 0 saturated carbocycles. The molecule has 12 heteroatoms. The number of rotatable bonds is 5. The van der Waals surface area contributed by atoms with Crippen LogP contribution in [0.25, 0.3) is 38.9 Å². The van der Waals surface area contributed by atoms with Gasteiger partial charge < -0.3 is 10.5 Å². The smallest absolute Gasteiger partial charge is 0.266 e. The first kappa shape index (κ1) is 26.7. The van der Waals surface area contributed by atoms with Gasteiger partial charge in [0.05, 0.1) is 29.1 Å². The largest absolute Gasteiger partial charge is 0.494 e. The lowest BCUT2D eigenvalue weighted by Gasteiger charge is -2.19. The molecule has 2 N–H and O–H groups in total. The Bertz CT molecular complexity index is 1940. The van der Waals surface area contributed by atoms with E-state index in [1.54, 1.807) is 43.3 Å². The van der Waals surface area contributed by atoms with Crippen molar-refractivity contribution in [2.75, 3.05) is 12.8 Å². The van der Waals surface area contributed by atoms with Crippen molar-refractivity contribution in [2.24, 2.45) is 0 Å². The van der Waals surface area contributed by atoms with Gasteiger partial charge in [-0.05, 0) is 43.3 Å². The second kappa shape index (κ2) is 10.3. The van der Waals surface area contributed by atoms with Crippen molar-refractivity contribution >= 4 is 40.2 Å². The number of hydrogen-bond acceptors (Lipinski definition) is 7. The van der Waals surface area contributed by atoms with Crippen molar-refractivity contribution in [3.05, 3.63) is 101 Å². The summed E-state index contributed by atoms with van der Waals surface area (Å²) in [4.78, 5) is 27.0. The number of aromatic nitrogens is 6. The highest BCUT2D eigenvalue weighted by atomic mass is 35.5. The number of hydrogen-bond donors (Lipinski definition) is 1. The third kappa shape index (κ3) is 4.11. The molecule has 1 atom stereocenters. The van der Waals surface area contributed by atoms with Gasteiger partial charge in [0.2, 0.25) is 5.82 Å². The summed E-state index contributed by atoms with van der Waals surface area (Å²) >= 11 is 0.